The van der Waals surface area contributed by atoms with Crippen molar-refractivity contribution in [2.45, 2.75) is 0 Å². The molecule has 0 spiro atoms. The molecule has 1 aromatic rings. The van der Waals surface area contributed by atoms with Crippen LogP contribution in [-0.2, 0) is 0 Å². The monoisotopic (exact) mass is 231 g/mol. The second-order valence-corrected chi connectivity index (χ2v) is 3.26. The van der Waals surface area contributed by atoms with E-state index in [1.54, 1.807) is 25.3 Å². The zero-order valence-corrected chi connectivity index (χ0v) is 9.08. The van der Waals surface area contributed by atoms with Gasteiger partial charge in [0.25, 0.3) is 0 Å². The lowest BCUT2D eigenvalue weighted by Gasteiger charge is -2.09. The Balaban J connectivity index is 2.89. The minimum Gasteiger partial charge on any atom is -0.497 e. The molecule has 0 saturated carbocycles. The quantitative estimate of drug-likeness (QED) is 0.409. The summed E-state index contributed by atoms with van der Waals surface area (Å²) >= 11 is 10.7. The lowest BCUT2D eigenvalue weighted by molar-refractivity contribution is 0.415. The van der Waals surface area contributed by atoms with Crippen molar-refractivity contribution < 1.29 is 4.74 Å². The van der Waals surface area contributed by atoms with E-state index in [2.05, 4.69) is 10.7 Å². The van der Waals surface area contributed by atoms with E-state index in [0.717, 1.165) is 0 Å². The number of ether oxygens (including phenoxy) is 1. The number of methoxy groups -OCH3 is 1. The third-order valence-electron chi connectivity index (χ3n) is 1.55. The molecule has 0 aliphatic heterocycles. The Morgan fingerprint density at radius 2 is 2.29 bits per heavy atom. The van der Waals surface area contributed by atoms with Gasteiger partial charge in [0.2, 0.25) is 0 Å². The van der Waals surface area contributed by atoms with Crippen LogP contribution in [0.25, 0.3) is 0 Å². The van der Waals surface area contributed by atoms with Gasteiger partial charge in [-0.15, -0.1) is 0 Å². The molecule has 0 amide bonds. The number of hydrazine groups is 1. The topological polar surface area (TPSA) is 59.3 Å². The van der Waals surface area contributed by atoms with Gasteiger partial charge in [-0.05, 0) is 24.4 Å². The SMILES string of the molecule is COc1ccc(Cl)c(NC(=S)NN)c1. The Labute approximate surface area is 92.3 Å². The summed E-state index contributed by atoms with van der Waals surface area (Å²) in [4.78, 5) is 0. The van der Waals surface area contributed by atoms with E-state index < -0.39 is 0 Å². The van der Waals surface area contributed by atoms with E-state index in [0.29, 0.717) is 21.6 Å². The number of anilines is 1. The van der Waals surface area contributed by atoms with E-state index in [1.807, 2.05) is 0 Å². The van der Waals surface area contributed by atoms with Gasteiger partial charge < -0.3 is 15.5 Å². The minimum atomic E-state index is 0.292. The van der Waals surface area contributed by atoms with Crippen LogP contribution in [0.4, 0.5) is 5.69 Å². The number of nitrogens with two attached hydrogens (primary N) is 1. The summed E-state index contributed by atoms with van der Waals surface area (Å²) < 4.78 is 5.03. The molecule has 6 heteroatoms. The maximum absolute atomic E-state index is 5.91. The third kappa shape index (κ3) is 2.73. The summed E-state index contributed by atoms with van der Waals surface area (Å²) in [6, 6.07) is 5.19. The van der Waals surface area contributed by atoms with Crippen LogP contribution in [0.5, 0.6) is 5.75 Å². The minimum absolute atomic E-state index is 0.292. The average molecular weight is 232 g/mol. The van der Waals surface area contributed by atoms with Crippen LogP contribution < -0.4 is 21.3 Å². The van der Waals surface area contributed by atoms with Gasteiger partial charge in [-0.3, -0.25) is 0 Å². The highest BCUT2D eigenvalue weighted by molar-refractivity contribution is 7.80. The number of rotatable bonds is 2. The van der Waals surface area contributed by atoms with Crippen molar-refractivity contribution >= 4 is 34.6 Å². The predicted molar refractivity (Wildman–Crippen MR) is 61.5 cm³/mol. The Hall–Kier alpha value is -1.04. The summed E-state index contributed by atoms with van der Waals surface area (Å²) in [5, 5.41) is 3.65. The first kappa shape index (κ1) is 11.0. The highest BCUT2D eigenvalue weighted by atomic mass is 35.5. The number of halogens is 1. The van der Waals surface area contributed by atoms with Crippen LogP contribution >= 0.6 is 23.8 Å². The van der Waals surface area contributed by atoms with Gasteiger partial charge in [0.15, 0.2) is 5.11 Å². The Bertz CT molecular complexity index is 345. The molecule has 0 heterocycles. The molecule has 0 aromatic heterocycles. The molecule has 0 atom stereocenters. The van der Waals surface area contributed by atoms with Crippen molar-refractivity contribution in [3.8, 4) is 5.75 Å². The van der Waals surface area contributed by atoms with Gasteiger partial charge in [-0.1, -0.05) is 11.6 Å². The van der Waals surface area contributed by atoms with Gasteiger partial charge in [0, 0.05) is 6.07 Å². The first-order valence-electron chi connectivity index (χ1n) is 3.78. The smallest absolute Gasteiger partial charge is 0.185 e. The number of hydrogen-bond donors (Lipinski definition) is 3. The van der Waals surface area contributed by atoms with E-state index in [4.69, 9.17) is 34.4 Å². The predicted octanol–water partition coefficient (Wildman–Crippen LogP) is 1.51. The second-order valence-electron chi connectivity index (χ2n) is 2.44. The Morgan fingerprint density at radius 1 is 1.57 bits per heavy atom. The zero-order valence-electron chi connectivity index (χ0n) is 7.50. The summed E-state index contributed by atoms with van der Waals surface area (Å²) in [5.41, 5.74) is 2.95. The van der Waals surface area contributed by atoms with Crippen LogP contribution in [0.3, 0.4) is 0 Å². The molecule has 0 unspecified atom stereocenters. The summed E-state index contributed by atoms with van der Waals surface area (Å²) in [6.07, 6.45) is 0. The second kappa shape index (κ2) is 4.99. The van der Waals surface area contributed by atoms with Crippen LogP contribution in [-0.4, -0.2) is 12.2 Å². The van der Waals surface area contributed by atoms with E-state index in [-0.39, 0.29) is 0 Å². The first-order valence-corrected chi connectivity index (χ1v) is 4.57. The highest BCUT2D eigenvalue weighted by Gasteiger charge is 2.03. The van der Waals surface area contributed by atoms with Gasteiger partial charge in [0.05, 0.1) is 17.8 Å². The van der Waals surface area contributed by atoms with Gasteiger partial charge in [-0.2, -0.15) is 0 Å². The molecule has 0 fully saturated rings. The maximum atomic E-state index is 5.91. The van der Waals surface area contributed by atoms with Crippen LogP contribution in [0.15, 0.2) is 18.2 Å². The summed E-state index contributed by atoms with van der Waals surface area (Å²) in [5.74, 6) is 5.80. The zero-order chi connectivity index (χ0) is 10.6. The van der Waals surface area contributed by atoms with Crippen molar-refractivity contribution in [1.29, 1.82) is 0 Å². The molecule has 0 aliphatic carbocycles. The first-order chi connectivity index (χ1) is 6.67. The average Bonchev–Trinajstić information content (AvgIpc) is 2.21. The Kier molecular flexibility index (Phi) is 3.94. The van der Waals surface area contributed by atoms with E-state index in [1.165, 1.54) is 0 Å². The molecule has 76 valence electrons. The number of benzene rings is 1. The molecule has 4 N–H and O–H groups in total. The van der Waals surface area contributed by atoms with Crippen molar-refractivity contribution in [2.24, 2.45) is 5.84 Å². The lowest BCUT2D eigenvalue weighted by atomic mass is 10.3. The number of nitrogens with one attached hydrogen (secondary N) is 2. The van der Waals surface area contributed by atoms with E-state index >= 15 is 0 Å². The van der Waals surface area contributed by atoms with Crippen LogP contribution in [0.1, 0.15) is 0 Å². The maximum Gasteiger partial charge on any atom is 0.185 e. The number of thiocarbonyl (C=S) groups is 1. The van der Waals surface area contributed by atoms with Gasteiger partial charge in [-0.25, -0.2) is 5.84 Å². The standard InChI is InChI=1S/C8H10ClN3OS/c1-13-5-2-3-6(9)7(4-5)11-8(14)12-10/h2-4H,10H2,1H3,(H2,11,12,14). The van der Waals surface area contributed by atoms with Crippen LogP contribution in [0.2, 0.25) is 5.02 Å². The van der Waals surface area contributed by atoms with Gasteiger partial charge >= 0.3 is 0 Å². The fourth-order valence-corrected chi connectivity index (χ4v) is 1.16. The molecular formula is C8H10ClN3OS. The summed E-state index contributed by atoms with van der Waals surface area (Å²) in [7, 11) is 1.58. The van der Waals surface area contributed by atoms with E-state index in [9.17, 15) is 0 Å². The summed E-state index contributed by atoms with van der Waals surface area (Å²) in [6.45, 7) is 0. The van der Waals surface area contributed by atoms with Gasteiger partial charge in [0.1, 0.15) is 5.75 Å². The lowest BCUT2D eigenvalue weighted by Crippen LogP contribution is -2.34. The molecule has 1 rings (SSSR count). The van der Waals surface area contributed by atoms with Crippen molar-refractivity contribution in [2.75, 3.05) is 12.4 Å². The third-order valence-corrected chi connectivity index (χ3v) is 2.10. The molecule has 0 radical (unpaired) electrons. The molecule has 14 heavy (non-hydrogen) atoms. The molecule has 0 aliphatic rings. The van der Waals surface area contributed by atoms with Crippen LogP contribution in [0, 0.1) is 0 Å². The highest BCUT2D eigenvalue weighted by Crippen LogP contribution is 2.26. The fourth-order valence-electron chi connectivity index (χ4n) is 0.886. The normalized spacial score (nSPS) is 9.36. The number of hydrogen-bond acceptors (Lipinski definition) is 3. The molecule has 0 saturated heterocycles. The molecule has 1 aromatic carbocycles. The fraction of sp³-hybridized carbons (Fsp3) is 0.125. The van der Waals surface area contributed by atoms with Crippen molar-refractivity contribution in [3.05, 3.63) is 23.2 Å². The van der Waals surface area contributed by atoms with Crippen molar-refractivity contribution in [1.82, 2.24) is 5.43 Å². The molecule has 4 nitrogen and oxygen atoms in total. The Morgan fingerprint density at radius 3 is 2.86 bits per heavy atom. The molecule has 0 bridgehead atoms. The van der Waals surface area contributed by atoms with Crippen molar-refractivity contribution in [3.63, 3.8) is 0 Å². The largest absolute Gasteiger partial charge is 0.497 e. The molecular weight excluding hydrogens is 222 g/mol.